The van der Waals surface area contributed by atoms with Gasteiger partial charge in [0.15, 0.2) is 0 Å². The van der Waals surface area contributed by atoms with Crippen LogP contribution in [0.5, 0.6) is 0 Å². The molecule has 94 valence electrons. The quantitative estimate of drug-likeness (QED) is 0.841. The second-order valence-electron chi connectivity index (χ2n) is 4.36. The lowest BCUT2D eigenvalue weighted by Crippen LogP contribution is -2.41. The van der Waals surface area contributed by atoms with E-state index in [1.54, 1.807) is 11.9 Å². The molecule has 0 saturated heterocycles. The lowest BCUT2D eigenvalue weighted by Gasteiger charge is -2.20. The summed E-state index contributed by atoms with van der Waals surface area (Å²) in [5.41, 5.74) is 7.65. The average Bonchev–Trinajstić information content (AvgIpc) is 2.28. The first kappa shape index (κ1) is 13.6. The number of carbonyl (C=O) groups is 1. The topological polar surface area (TPSA) is 59.2 Å². The Balaban J connectivity index is 2.59. The zero-order valence-electron chi connectivity index (χ0n) is 10.8. The maximum atomic E-state index is 11.9. The molecular formula is C13H21N3O. The first-order valence-electron chi connectivity index (χ1n) is 5.97. The number of amides is 1. The van der Waals surface area contributed by atoms with Crippen LogP contribution >= 0.6 is 0 Å². The van der Waals surface area contributed by atoms with Crippen LogP contribution in [0.4, 0.5) is 0 Å². The lowest BCUT2D eigenvalue weighted by molar-refractivity contribution is -0.132. The number of aryl methyl sites for hydroxylation is 1. The van der Waals surface area contributed by atoms with Gasteiger partial charge in [0.25, 0.3) is 0 Å². The fraction of sp³-hybridized carbons (Fsp3) is 0.538. The SMILES string of the molecule is CCCC(N)C(=O)N(C)Cc1cccc(C)n1. The van der Waals surface area contributed by atoms with E-state index < -0.39 is 6.04 Å². The molecule has 0 aromatic carbocycles. The second kappa shape index (κ2) is 6.35. The molecule has 1 heterocycles. The number of carbonyl (C=O) groups excluding carboxylic acids is 1. The Bertz CT molecular complexity index is 379. The van der Waals surface area contributed by atoms with Gasteiger partial charge < -0.3 is 10.6 Å². The summed E-state index contributed by atoms with van der Waals surface area (Å²) in [6, 6.07) is 5.41. The molecule has 1 amide bonds. The molecule has 0 radical (unpaired) electrons. The first-order chi connectivity index (χ1) is 8.04. The molecular weight excluding hydrogens is 214 g/mol. The van der Waals surface area contributed by atoms with E-state index in [9.17, 15) is 4.79 Å². The van der Waals surface area contributed by atoms with Crippen LogP contribution < -0.4 is 5.73 Å². The summed E-state index contributed by atoms with van der Waals surface area (Å²) in [5.74, 6) is -0.0184. The summed E-state index contributed by atoms with van der Waals surface area (Å²) in [6.45, 7) is 4.47. The Kier molecular flexibility index (Phi) is 5.10. The lowest BCUT2D eigenvalue weighted by atomic mass is 10.1. The molecule has 0 bridgehead atoms. The number of hydrogen-bond donors (Lipinski definition) is 1. The Morgan fingerprint density at radius 1 is 1.53 bits per heavy atom. The molecule has 0 aliphatic carbocycles. The minimum Gasteiger partial charge on any atom is -0.339 e. The Hall–Kier alpha value is -1.42. The van der Waals surface area contributed by atoms with Crippen LogP contribution in [0.1, 0.15) is 31.2 Å². The highest BCUT2D eigenvalue weighted by atomic mass is 16.2. The summed E-state index contributed by atoms with van der Waals surface area (Å²) in [4.78, 5) is 17.9. The molecule has 0 aliphatic heterocycles. The van der Waals surface area contributed by atoms with E-state index >= 15 is 0 Å². The molecule has 1 rings (SSSR count). The van der Waals surface area contributed by atoms with Crippen molar-refractivity contribution in [2.75, 3.05) is 7.05 Å². The molecule has 0 saturated carbocycles. The largest absolute Gasteiger partial charge is 0.339 e. The summed E-state index contributed by atoms with van der Waals surface area (Å²) in [6.07, 6.45) is 1.65. The van der Waals surface area contributed by atoms with E-state index in [4.69, 9.17) is 5.73 Å². The van der Waals surface area contributed by atoms with Crippen molar-refractivity contribution in [3.8, 4) is 0 Å². The summed E-state index contributed by atoms with van der Waals surface area (Å²) in [7, 11) is 1.77. The van der Waals surface area contributed by atoms with Gasteiger partial charge in [0.2, 0.25) is 5.91 Å². The zero-order chi connectivity index (χ0) is 12.8. The first-order valence-corrected chi connectivity index (χ1v) is 5.97. The molecule has 1 atom stereocenters. The van der Waals surface area contributed by atoms with E-state index in [1.165, 1.54) is 0 Å². The average molecular weight is 235 g/mol. The highest BCUT2D eigenvalue weighted by Gasteiger charge is 2.17. The molecule has 0 spiro atoms. The van der Waals surface area contributed by atoms with Crippen molar-refractivity contribution in [2.24, 2.45) is 5.73 Å². The number of aromatic nitrogens is 1. The molecule has 4 nitrogen and oxygen atoms in total. The van der Waals surface area contributed by atoms with Gasteiger partial charge in [0, 0.05) is 12.7 Å². The monoisotopic (exact) mass is 235 g/mol. The van der Waals surface area contributed by atoms with Crippen LogP contribution in [0, 0.1) is 6.92 Å². The minimum absolute atomic E-state index is 0.0184. The highest BCUT2D eigenvalue weighted by Crippen LogP contribution is 2.04. The van der Waals surface area contributed by atoms with Crippen LogP contribution in [0.2, 0.25) is 0 Å². The van der Waals surface area contributed by atoms with Crippen molar-refractivity contribution in [2.45, 2.75) is 39.3 Å². The van der Waals surface area contributed by atoms with Crippen LogP contribution in [-0.2, 0) is 11.3 Å². The smallest absolute Gasteiger partial charge is 0.239 e. The standard InChI is InChI=1S/C13H21N3O/c1-4-6-12(14)13(17)16(3)9-11-8-5-7-10(2)15-11/h5,7-8,12H,4,6,9,14H2,1-3H3. The molecule has 1 unspecified atom stereocenters. The van der Waals surface area contributed by atoms with Gasteiger partial charge in [-0.2, -0.15) is 0 Å². The Labute approximate surface area is 103 Å². The molecule has 1 aromatic heterocycles. The van der Waals surface area contributed by atoms with Gasteiger partial charge in [-0.3, -0.25) is 9.78 Å². The molecule has 0 fully saturated rings. The maximum Gasteiger partial charge on any atom is 0.239 e. The van der Waals surface area contributed by atoms with E-state index in [0.717, 1.165) is 24.2 Å². The van der Waals surface area contributed by atoms with E-state index in [-0.39, 0.29) is 5.91 Å². The van der Waals surface area contributed by atoms with Gasteiger partial charge in [0.1, 0.15) is 0 Å². The zero-order valence-corrected chi connectivity index (χ0v) is 10.8. The van der Waals surface area contributed by atoms with E-state index in [2.05, 4.69) is 4.98 Å². The van der Waals surface area contributed by atoms with Crippen LogP contribution in [0.25, 0.3) is 0 Å². The minimum atomic E-state index is -0.394. The van der Waals surface area contributed by atoms with Crippen molar-refractivity contribution in [3.63, 3.8) is 0 Å². The Morgan fingerprint density at radius 2 is 2.24 bits per heavy atom. The molecule has 0 aliphatic rings. The van der Waals surface area contributed by atoms with Gasteiger partial charge in [-0.05, 0) is 25.5 Å². The van der Waals surface area contributed by atoms with Gasteiger partial charge in [-0.15, -0.1) is 0 Å². The third-order valence-corrected chi connectivity index (χ3v) is 2.64. The van der Waals surface area contributed by atoms with Gasteiger partial charge >= 0.3 is 0 Å². The van der Waals surface area contributed by atoms with Crippen LogP contribution in [0.15, 0.2) is 18.2 Å². The van der Waals surface area contributed by atoms with E-state index in [1.807, 2.05) is 32.0 Å². The molecule has 17 heavy (non-hydrogen) atoms. The van der Waals surface area contributed by atoms with Crippen molar-refractivity contribution in [1.29, 1.82) is 0 Å². The fourth-order valence-electron chi connectivity index (χ4n) is 1.73. The van der Waals surface area contributed by atoms with Crippen molar-refractivity contribution in [1.82, 2.24) is 9.88 Å². The van der Waals surface area contributed by atoms with Gasteiger partial charge in [-0.25, -0.2) is 0 Å². The van der Waals surface area contributed by atoms with Crippen LogP contribution in [-0.4, -0.2) is 28.9 Å². The molecule has 2 N–H and O–H groups in total. The predicted molar refractivity (Wildman–Crippen MR) is 68.3 cm³/mol. The fourth-order valence-corrected chi connectivity index (χ4v) is 1.73. The van der Waals surface area contributed by atoms with Crippen LogP contribution in [0.3, 0.4) is 0 Å². The second-order valence-corrected chi connectivity index (χ2v) is 4.36. The number of nitrogens with zero attached hydrogens (tertiary/aromatic N) is 2. The maximum absolute atomic E-state index is 11.9. The number of pyridine rings is 1. The predicted octanol–water partition coefficient (Wildman–Crippen LogP) is 1.48. The van der Waals surface area contributed by atoms with Crippen molar-refractivity contribution < 1.29 is 4.79 Å². The highest BCUT2D eigenvalue weighted by molar-refractivity contribution is 5.81. The van der Waals surface area contributed by atoms with Crippen molar-refractivity contribution >= 4 is 5.91 Å². The molecule has 1 aromatic rings. The summed E-state index contributed by atoms with van der Waals surface area (Å²) < 4.78 is 0. The van der Waals surface area contributed by atoms with Gasteiger partial charge in [0.05, 0.1) is 18.3 Å². The number of hydrogen-bond acceptors (Lipinski definition) is 3. The number of nitrogens with two attached hydrogens (primary N) is 1. The number of likely N-dealkylation sites (N-methyl/N-ethyl adjacent to an activating group) is 1. The summed E-state index contributed by atoms with van der Waals surface area (Å²) >= 11 is 0. The third kappa shape index (κ3) is 4.15. The summed E-state index contributed by atoms with van der Waals surface area (Å²) in [5, 5.41) is 0. The Morgan fingerprint density at radius 3 is 2.82 bits per heavy atom. The third-order valence-electron chi connectivity index (χ3n) is 2.64. The number of rotatable bonds is 5. The normalized spacial score (nSPS) is 12.2. The van der Waals surface area contributed by atoms with Crippen molar-refractivity contribution in [3.05, 3.63) is 29.6 Å². The van der Waals surface area contributed by atoms with E-state index in [0.29, 0.717) is 6.54 Å². The van der Waals surface area contributed by atoms with Gasteiger partial charge in [-0.1, -0.05) is 19.4 Å². The molecule has 4 heteroatoms.